The van der Waals surface area contributed by atoms with Gasteiger partial charge in [0.2, 0.25) is 0 Å². The van der Waals surface area contributed by atoms with Gasteiger partial charge in [-0.25, -0.2) is 10.0 Å². The molecule has 172 valence electrons. The number of carbonyl (C=O) groups is 2. The number of nitrogens with one attached hydrogen (secondary N) is 2. The third kappa shape index (κ3) is 4.06. The molecular formula is C22H28Cl2N6O2. The first kappa shape index (κ1) is 22.9. The number of alkyl halides is 2. The van der Waals surface area contributed by atoms with Gasteiger partial charge < -0.3 is 0 Å². The monoisotopic (exact) mass is 478 g/mol. The van der Waals surface area contributed by atoms with Crippen molar-refractivity contribution in [3.8, 4) is 0 Å². The quantitative estimate of drug-likeness (QED) is 0.390. The van der Waals surface area contributed by atoms with E-state index in [1.165, 1.54) is 0 Å². The summed E-state index contributed by atoms with van der Waals surface area (Å²) in [5, 5.41) is 12.3. The Hall–Kier alpha value is -2.32. The van der Waals surface area contributed by atoms with Crippen LogP contribution in [-0.4, -0.2) is 54.9 Å². The van der Waals surface area contributed by atoms with Gasteiger partial charge in [0.25, 0.3) is 11.8 Å². The van der Waals surface area contributed by atoms with Gasteiger partial charge in [0, 0.05) is 10.8 Å². The molecular weight excluding hydrogens is 451 g/mol. The SMILES string of the molecule is CCCCC1C(Cl)C(=O)N1Nc1nnc(NN2C(=O)C(Cl)C2CCCC)c2ccccc12. The standard InChI is InChI=1S/C22H28Cl2N6O2/c1-3-5-11-15-17(23)21(31)29(15)27-19-13-9-7-8-10-14(13)20(26-25-19)28-30-16(12-6-4-2)18(24)22(30)32/h7-10,15-18H,3-6,11-12H2,1-2H3,(H,25,27)(H,26,28). The molecule has 3 heterocycles. The Morgan fingerprint density at radius 1 is 0.812 bits per heavy atom. The summed E-state index contributed by atoms with van der Waals surface area (Å²) in [7, 11) is 0. The van der Waals surface area contributed by atoms with Crippen molar-refractivity contribution < 1.29 is 9.59 Å². The fourth-order valence-corrected chi connectivity index (χ4v) is 4.86. The Labute approximate surface area is 197 Å². The second kappa shape index (κ2) is 9.67. The van der Waals surface area contributed by atoms with E-state index in [0.29, 0.717) is 11.6 Å². The van der Waals surface area contributed by atoms with E-state index in [1.807, 2.05) is 24.3 Å². The van der Waals surface area contributed by atoms with Gasteiger partial charge in [-0.1, -0.05) is 63.8 Å². The Kier molecular flexibility index (Phi) is 6.90. The lowest BCUT2D eigenvalue weighted by molar-refractivity contribution is -0.143. The van der Waals surface area contributed by atoms with Crippen LogP contribution >= 0.6 is 23.2 Å². The van der Waals surface area contributed by atoms with Crippen LogP contribution in [0.2, 0.25) is 0 Å². The maximum atomic E-state index is 12.3. The van der Waals surface area contributed by atoms with E-state index in [9.17, 15) is 9.59 Å². The van der Waals surface area contributed by atoms with Crippen LogP contribution in [0.4, 0.5) is 11.6 Å². The number of anilines is 2. The Morgan fingerprint density at radius 3 is 1.59 bits per heavy atom. The van der Waals surface area contributed by atoms with Crippen molar-refractivity contribution in [2.24, 2.45) is 0 Å². The van der Waals surface area contributed by atoms with E-state index in [0.717, 1.165) is 49.3 Å². The molecule has 2 aromatic rings. The summed E-state index contributed by atoms with van der Waals surface area (Å²) in [5.41, 5.74) is 6.24. The minimum absolute atomic E-state index is 0.0823. The molecule has 0 bridgehead atoms. The van der Waals surface area contributed by atoms with Crippen molar-refractivity contribution in [1.29, 1.82) is 0 Å². The Morgan fingerprint density at radius 2 is 1.22 bits per heavy atom. The molecule has 0 radical (unpaired) electrons. The van der Waals surface area contributed by atoms with E-state index in [2.05, 4.69) is 34.9 Å². The lowest BCUT2D eigenvalue weighted by atomic mass is 9.98. The van der Waals surface area contributed by atoms with E-state index >= 15 is 0 Å². The highest BCUT2D eigenvalue weighted by Crippen LogP contribution is 2.34. The van der Waals surface area contributed by atoms with E-state index < -0.39 is 10.8 Å². The zero-order valence-corrected chi connectivity index (χ0v) is 19.7. The smallest absolute Gasteiger partial charge is 0.261 e. The van der Waals surface area contributed by atoms with Gasteiger partial charge in [0.05, 0.1) is 12.1 Å². The molecule has 4 rings (SSSR count). The molecule has 8 nitrogen and oxygen atoms in total. The average Bonchev–Trinajstić information content (AvgIpc) is 2.83. The highest BCUT2D eigenvalue weighted by atomic mass is 35.5. The number of halogens is 2. The third-order valence-corrected chi connectivity index (χ3v) is 7.09. The van der Waals surface area contributed by atoms with Gasteiger partial charge in [0.15, 0.2) is 11.6 Å². The van der Waals surface area contributed by atoms with Gasteiger partial charge in [-0.3, -0.25) is 20.4 Å². The average molecular weight is 479 g/mol. The summed E-state index contributed by atoms with van der Waals surface area (Å²) < 4.78 is 0. The molecule has 0 saturated carbocycles. The molecule has 32 heavy (non-hydrogen) atoms. The summed E-state index contributed by atoms with van der Waals surface area (Å²) >= 11 is 12.5. The van der Waals surface area contributed by atoms with E-state index in [-0.39, 0.29) is 23.9 Å². The normalized spacial score (nSPS) is 25.0. The van der Waals surface area contributed by atoms with Crippen molar-refractivity contribution >= 4 is 57.4 Å². The van der Waals surface area contributed by atoms with Crippen LogP contribution in [0, 0.1) is 0 Å². The van der Waals surface area contributed by atoms with Crippen LogP contribution in [0.5, 0.6) is 0 Å². The number of nitrogens with zero attached hydrogens (tertiary/aromatic N) is 4. The van der Waals surface area contributed by atoms with Gasteiger partial charge in [-0.05, 0) is 12.8 Å². The summed E-state index contributed by atoms with van der Waals surface area (Å²) in [4.78, 5) is 24.7. The predicted molar refractivity (Wildman–Crippen MR) is 126 cm³/mol. The molecule has 2 amide bonds. The first-order valence-corrected chi connectivity index (χ1v) is 12.1. The first-order valence-electron chi connectivity index (χ1n) is 11.2. The summed E-state index contributed by atoms with van der Waals surface area (Å²) in [6.07, 6.45) is 5.68. The number of hydrogen-bond acceptors (Lipinski definition) is 6. The van der Waals surface area contributed by atoms with Crippen molar-refractivity contribution in [1.82, 2.24) is 20.2 Å². The number of benzene rings is 1. The topological polar surface area (TPSA) is 90.5 Å². The van der Waals surface area contributed by atoms with Crippen LogP contribution in [0.15, 0.2) is 24.3 Å². The number of fused-ring (bicyclic) bond motifs is 1. The van der Waals surface area contributed by atoms with Gasteiger partial charge in [-0.2, -0.15) is 0 Å². The Balaban J connectivity index is 1.56. The van der Waals surface area contributed by atoms with Gasteiger partial charge in [-0.15, -0.1) is 33.4 Å². The number of hydrazine groups is 2. The lowest BCUT2D eigenvalue weighted by Crippen LogP contribution is -2.64. The molecule has 1 aromatic heterocycles. The van der Waals surface area contributed by atoms with Crippen molar-refractivity contribution in [3.63, 3.8) is 0 Å². The number of hydrogen-bond donors (Lipinski definition) is 2. The van der Waals surface area contributed by atoms with Crippen molar-refractivity contribution in [2.45, 2.75) is 75.2 Å². The second-order valence-electron chi connectivity index (χ2n) is 8.31. The molecule has 4 atom stereocenters. The zero-order chi connectivity index (χ0) is 22.8. The fraction of sp³-hybridized carbons (Fsp3) is 0.545. The molecule has 2 aliphatic rings. The minimum atomic E-state index is -0.518. The molecule has 2 saturated heterocycles. The second-order valence-corrected chi connectivity index (χ2v) is 9.25. The van der Waals surface area contributed by atoms with Crippen molar-refractivity contribution in [3.05, 3.63) is 24.3 Å². The lowest BCUT2D eigenvalue weighted by Gasteiger charge is -2.44. The fourth-order valence-electron chi connectivity index (χ4n) is 4.17. The Bertz CT molecular complexity index is 927. The molecule has 0 aliphatic carbocycles. The van der Waals surface area contributed by atoms with Gasteiger partial charge >= 0.3 is 0 Å². The molecule has 0 spiro atoms. The zero-order valence-electron chi connectivity index (χ0n) is 18.2. The highest BCUT2D eigenvalue weighted by molar-refractivity contribution is 6.34. The number of rotatable bonds is 10. The molecule has 2 fully saturated rings. The van der Waals surface area contributed by atoms with Crippen LogP contribution in [0.25, 0.3) is 10.8 Å². The molecule has 1 aromatic carbocycles. The highest BCUT2D eigenvalue weighted by Gasteiger charge is 2.47. The maximum absolute atomic E-state index is 12.3. The minimum Gasteiger partial charge on any atom is -0.277 e. The molecule has 10 heteroatoms. The summed E-state index contributed by atoms with van der Waals surface area (Å²) in [5.74, 6) is 0.604. The molecule has 4 unspecified atom stereocenters. The number of β-lactam (4-membered cyclic amide) rings is 2. The summed E-state index contributed by atoms with van der Waals surface area (Å²) in [6.45, 7) is 4.21. The molecule has 2 aliphatic heterocycles. The van der Waals surface area contributed by atoms with Crippen LogP contribution in [-0.2, 0) is 9.59 Å². The third-order valence-electron chi connectivity index (χ3n) is 6.13. The number of carbonyl (C=O) groups excluding carboxylic acids is 2. The van der Waals surface area contributed by atoms with E-state index in [1.54, 1.807) is 10.0 Å². The van der Waals surface area contributed by atoms with E-state index in [4.69, 9.17) is 23.2 Å². The van der Waals surface area contributed by atoms with Crippen LogP contribution < -0.4 is 10.9 Å². The summed E-state index contributed by atoms with van der Waals surface area (Å²) in [6, 6.07) is 7.42. The molecule has 2 N–H and O–H groups in total. The van der Waals surface area contributed by atoms with Crippen LogP contribution in [0.3, 0.4) is 0 Å². The number of amides is 2. The van der Waals surface area contributed by atoms with Gasteiger partial charge in [0.1, 0.15) is 10.8 Å². The maximum Gasteiger partial charge on any atom is 0.261 e. The van der Waals surface area contributed by atoms with Crippen molar-refractivity contribution in [2.75, 3.05) is 10.9 Å². The van der Waals surface area contributed by atoms with Crippen LogP contribution in [0.1, 0.15) is 52.4 Å². The predicted octanol–water partition coefficient (Wildman–Crippen LogP) is 4.30. The number of unbranched alkanes of at least 4 members (excludes halogenated alkanes) is 2. The number of aromatic nitrogens is 2. The largest absolute Gasteiger partial charge is 0.277 e. The first-order chi connectivity index (χ1) is 15.5.